The quantitative estimate of drug-likeness (QED) is 0.855. The van der Waals surface area contributed by atoms with E-state index in [4.69, 9.17) is 4.74 Å². The zero-order valence-corrected chi connectivity index (χ0v) is 12.5. The van der Waals surface area contributed by atoms with E-state index in [0.29, 0.717) is 6.04 Å². The van der Waals surface area contributed by atoms with Gasteiger partial charge in [-0.05, 0) is 33.2 Å². The first kappa shape index (κ1) is 14.0. The molecule has 1 aliphatic carbocycles. The standard InChI is InChI=1S/C14H24N2OS/c1-4-15-11(3)12-10-16-13(18-12)14(17-5-2)8-6-7-9-14/h10-11,15H,4-9H2,1-3H3. The topological polar surface area (TPSA) is 34.2 Å². The molecule has 1 heterocycles. The second kappa shape index (κ2) is 6.13. The predicted molar refractivity (Wildman–Crippen MR) is 76.0 cm³/mol. The van der Waals surface area contributed by atoms with E-state index in [1.807, 2.05) is 17.5 Å². The van der Waals surface area contributed by atoms with E-state index in [0.717, 1.165) is 26.0 Å². The molecule has 1 unspecified atom stereocenters. The van der Waals surface area contributed by atoms with E-state index in [1.54, 1.807) is 0 Å². The summed E-state index contributed by atoms with van der Waals surface area (Å²) in [5.74, 6) is 0. The number of nitrogens with zero attached hydrogens (tertiary/aromatic N) is 1. The fraction of sp³-hybridized carbons (Fsp3) is 0.786. The number of ether oxygens (including phenoxy) is 1. The van der Waals surface area contributed by atoms with Gasteiger partial charge in [0.25, 0.3) is 0 Å². The molecule has 2 rings (SSSR count). The third-order valence-corrected chi connectivity index (χ3v) is 5.05. The lowest BCUT2D eigenvalue weighted by Gasteiger charge is -2.26. The third kappa shape index (κ3) is 2.76. The number of aromatic nitrogens is 1. The summed E-state index contributed by atoms with van der Waals surface area (Å²) in [6.07, 6.45) is 6.80. The molecule has 0 aliphatic heterocycles. The highest BCUT2D eigenvalue weighted by molar-refractivity contribution is 7.11. The zero-order chi connectivity index (χ0) is 13.0. The summed E-state index contributed by atoms with van der Waals surface area (Å²) >= 11 is 1.82. The van der Waals surface area contributed by atoms with Crippen molar-refractivity contribution in [1.82, 2.24) is 10.3 Å². The molecule has 1 aromatic rings. The van der Waals surface area contributed by atoms with Crippen LogP contribution in [0, 0.1) is 0 Å². The summed E-state index contributed by atoms with van der Waals surface area (Å²) in [5, 5.41) is 4.62. The zero-order valence-electron chi connectivity index (χ0n) is 11.7. The minimum atomic E-state index is -0.0798. The van der Waals surface area contributed by atoms with Gasteiger partial charge in [0.1, 0.15) is 10.6 Å². The molecule has 0 saturated heterocycles. The number of nitrogens with one attached hydrogen (secondary N) is 1. The molecule has 0 bridgehead atoms. The smallest absolute Gasteiger partial charge is 0.125 e. The van der Waals surface area contributed by atoms with Crippen LogP contribution in [0.4, 0.5) is 0 Å². The van der Waals surface area contributed by atoms with Crippen LogP contribution >= 0.6 is 11.3 Å². The van der Waals surface area contributed by atoms with Crippen molar-refractivity contribution in [2.24, 2.45) is 0 Å². The molecule has 1 N–H and O–H groups in total. The average Bonchev–Trinajstić information content (AvgIpc) is 2.98. The molecule has 1 saturated carbocycles. The predicted octanol–water partition coefficient (Wildman–Crippen LogP) is 3.62. The number of hydrogen-bond acceptors (Lipinski definition) is 4. The van der Waals surface area contributed by atoms with Crippen LogP contribution in [0.5, 0.6) is 0 Å². The lowest BCUT2D eigenvalue weighted by atomic mass is 10.0. The first-order valence-electron chi connectivity index (χ1n) is 7.05. The van der Waals surface area contributed by atoms with Gasteiger partial charge in [-0.2, -0.15) is 0 Å². The van der Waals surface area contributed by atoms with Gasteiger partial charge < -0.3 is 10.1 Å². The van der Waals surface area contributed by atoms with Crippen molar-refractivity contribution in [1.29, 1.82) is 0 Å². The summed E-state index contributed by atoms with van der Waals surface area (Å²) in [4.78, 5) is 5.96. The van der Waals surface area contributed by atoms with Crippen LogP contribution in [-0.2, 0) is 10.3 Å². The SMILES string of the molecule is CCNC(C)c1cnc(C2(OCC)CCCC2)s1. The summed E-state index contributed by atoms with van der Waals surface area (Å²) in [7, 11) is 0. The number of hydrogen-bond donors (Lipinski definition) is 1. The maximum atomic E-state index is 6.06. The Morgan fingerprint density at radius 3 is 2.78 bits per heavy atom. The largest absolute Gasteiger partial charge is 0.368 e. The summed E-state index contributed by atoms with van der Waals surface area (Å²) in [5.41, 5.74) is -0.0798. The van der Waals surface area contributed by atoms with Crippen molar-refractivity contribution in [3.63, 3.8) is 0 Å². The van der Waals surface area contributed by atoms with E-state index in [1.165, 1.54) is 22.7 Å². The number of thiazole rings is 1. The van der Waals surface area contributed by atoms with Gasteiger partial charge in [0.05, 0.1) is 0 Å². The van der Waals surface area contributed by atoms with Crippen LogP contribution in [0.3, 0.4) is 0 Å². The minimum absolute atomic E-state index is 0.0798. The fourth-order valence-corrected chi connectivity index (χ4v) is 3.89. The molecule has 102 valence electrons. The molecule has 18 heavy (non-hydrogen) atoms. The Morgan fingerprint density at radius 1 is 1.44 bits per heavy atom. The molecule has 1 aromatic heterocycles. The molecule has 1 fully saturated rings. The van der Waals surface area contributed by atoms with E-state index in [-0.39, 0.29) is 5.60 Å². The van der Waals surface area contributed by atoms with E-state index >= 15 is 0 Å². The van der Waals surface area contributed by atoms with E-state index < -0.39 is 0 Å². The molecular formula is C14H24N2OS. The Labute approximate surface area is 114 Å². The van der Waals surface area contributed by atoms with Crippen LogP contribution in [0.1, 0.15) is 62.4 Å². The third-order valence-electron chi connectivity index (χ3n) is 3.68. The summed E-state index contributed by atoms with van der Waals surface area (Å²) < 4.78 is 6.06. The molecule has 1 atom stereocenters. The first-order valence-corrected chi connectivity index (χ1v) is 7.87. The molecule has 0 aromatic carbocycles. The highest BCUT2D eigenvalue weighted by Crippen LogP contribution is 2.44. The van der Waals surface area contributed by atoms with Crippen LogP contribution in [0.2, 0.25) is 0 Å². The molecule has 0 radical (unpaired) electrons. The van der Waals surface area contributed by atoms with Gasteiger partial charge in [-0.3, -0.25) is 0 Å². The highest BCUT2D eigenvalue weighted by Gasteiger charge is 2.39. The highest BCUT2D eigenvalue weighted by atomic mass is 32.1. The Kier molecular flexibility index (Phi) is 4.76. The molecule has 0 spiro atoms. The summed E-state index contributed by atoms with van der Waals surface area (Å²) in [6.45, 7) is 8.18. The Hall–Kier alpha value is -0.450. The van der Waals surface area contributed by atoms with Crippen LogP contribution in [0.15, 0.2) is 6.20 Å². The molecule has 0 amide bonds. The Balaban J connectivity index is 2.16. The Morgan fingerprint density at radius 2 is 2.17 bits per heavy atom. The molecule has 4 heteroatoms. The molecular weight excluding hydrogens is 244 g/mol. The monoisotopic (exact) mass is 268 g/mol. The minimum Gasteiger partial charge on any atom is -0.368 e. The van der Waals surface area contributed by atoms with Crippen molar-refractivity contribution in [3.05, 3.63) is 16.1 Å². The van der Waals surface area contributed by atoms with Crippen LogP contribution in [-0.4, -0.2) is 18.1 Å². The van der Waals surface area contributed by atoms with E-state index in [2.05, 4.69) is 31.1 Å². The normalized spacial score (nSPS) is 20.2. The average molecular weight is 268 g/mol. The van der Waals surface area contributed by atoms with Crippen molar-refractivity contribution in [2.75, 3.05) is 13.2 Å². The van der Waals surface area contributed by atoms with Crippen molar-refractivity contribution in [2.45, 2.75) is 58.1 Å². The summed E-state index contributed by atoms with van der Waals surface area (Å²) in [6, 6.07) is 0.390. The Bertz CT molecular complexity index is 372. The van der Waals surface area contributed by atoms with Gasteiger partial charge in [0, 0.05) is 23.7 Å². The second-order valence-electron chi connectivity index (χ2n) is 4.98. The van der Waals surface area contributed by atoms with Crippen LogP contribution in [0.25, 0.3) is 0 Å². The van der Waals surface area contributed by atoms with Gasteiger partial charge in [-0.15, -0.1) is 11.3 Å². The van der Waals surface area contributed by atoms with Crippen molar-refractivity contribution >= 4 is 11.3 Å². The molecule has 1 aliphatic rings. The number of rotatable bonds is 6. The van der Waals surface area contributed by atoms with Gasteiger partial charge in [-0.1, -0.05) is 19.8 Å². The lowest BCUT2D eigenvalue weighted by molar-refractivity contribution is -0.0391. The fourth-order valence-electron chi connectivity index (χ4n) is 2.75. The van der Waals surface area contributed by atoms with E-state index in [9.17, 15) is 0 Å². The molecule has 3 nitrogen and oxygen atoms in total. The maximum Gasteiger partial charge on any atom is 0.125 e. The van der Waals surface area contributed by atoms with Crippen LogP contribution < -0.4 is 5.32 Å². The van der Waals surface area contributed by atoms with Crippen molar-refractivity contribution < 1.29 is 4.74 Å². The second-order valence-corrected chi connectivity index (χ2v) is 6.04. The van der Waals surface area contributed by atoms with Gasteiger partial charge in [0.2, 0.25) is 0 Å². The van der Waals surface area contributed by atoms with Crippen molar-refractivity contribution in [3.8, 4) is 0 Å². The first-order chi connectivity index (χ1) is 8.72. The van der Waals surface area contributed by atoms with Gasteiger partial charge in [-0.25, -0.2) is 4.98 Å². The van der Waals surface area contributed by atoms with Gasteiger partial charge in [0.15, 0.2) is 0 Å². The van der Waals surface area contributed by atoms with Gasteiger partial charge >= 0.3 is 0 Å². The maximum absolute atomic E-state index is 6.06. The lowest BCUT2D eigenvalue weighted by Crippen LogP contribution is -2.25.